The Morgan fingerprint density at radius 3 is 1.67 bits per heavy atom. The summed E-state index contributed by atoms with van der Waals surface area (Å²) in [5, 5.41) is 0. The first-order valence-corrected chi connectivity index (χ1v) is 11.5. The van der Waals surface area contributed by atoms with Crippen LogP contribution in [0.3, 0.4) is 0 Å². The summed E-state index contributed by atoms with van der Waals surface area (Å²) in [6.07, 6.45) is 2.28. The Labute approximate surface area is 181 Å². The number of likely N-dealkylation sites (tertiary alicyclic amines) is 1. The fourth-order valence-electron chi connectivity index (χ4n) is 4.49. The molecular formula is C26H35N3O. The van der Waals surface area contributed by atoms with Gasteiger partial charge in [-0.25, -0.2) is 0 Å². The Morgan fingerprint density at radius 1 is 0.733 bits per heavy atom. The largest absolute Gasteiger partial charge is 0.339 e. The first-order chi connectivity index (χ1) is 14.6. The molecule has 2 aliphatic heterocycles. The summed E-state index contributed by atoms with van der Waals surface area (Å²) >= 11 is 0. The van der Waals surface area contributed by atoms with Crippen molar-refractivity contribution in [2.75, 3.05) is 39.3 Å². The number of carbonyl (C=O) groups is 1. The Morgan fingerprint density at radius 2 is 1.20 bits per heavy atom. The van der Waals surface area contributed by atoms with Gasteiger partial charge in [0.1, 0.15) is 0 Å². The van der Waals surface area contributed by atoms with E-state index in [1.54, 1.807) is 0 Å². The summed E-state index contributed by atoms with van der Waals surface area (Å²) in [6, 6.07) is 17.4. The Balaban J connectivity index is 1.24. The molecule has 4 rings (SSSR count). The summed E-state index contributed by atoms with van der Waals surface area (Å²) in [5.74, 6) is 0.782. The molecule has 2 aliphatic rings. The highest BCUT2D eigenvalue weighted by Crippen LogP contribution is 2.18. The molecule has 1 amide bonds. The summed E-state index contributed by atoms with van der Waals surface area (Å²) < 4.78 is 0. The van der Waals surface area contributed by atoms with E-state index in [1.165, 1.54) is 16.7 Å². The van der Waals surface area contributed by atoms with Crippen LogP contribution in [0.25, 0.3) is 0 Å². The number of piperazine rings is 1. The van der Waals surface area contributed by atoms with Crippen LogP contribution < -0.4 is 0 Å². The van der Waals surface area contributed by atoms with E-state index >= 15 is 0 Å². The van der Waals surface area contributed by atoms with Gasteiger partial charge in [-0.05, 0) is 47.6 Å². The topological polar surface area (TPSA) is 26.8 Å². The summed E-state index contributed by atoms with van der Waals surface area (Å²) in [7, 11) is 0. The second kappa shape index (κ2) is 9.76. The van der Waals surface area contributed by atoms with Crippen molar-refractivity contribution < 1.29 is 4.79 Å². The molecule has 0 aromatic heterocycles. The Hall–Kier alpha value is -2.17. The smallest absolute Gasteiger partial charge is 0.253 e. The van der Waals surface area contributed by atoms with E-state index < -0.39 is 0 Å². The monoisotopic (exact) mass is 405 g/mol. The number of nitrogens with zero attached hydrogens (tertiary/aromatic N) is 3. The zero-order valence-corrected chi connectivity index (χ0v) is 18.5. The van der Waals surface area contributed by atoms with E-state index in [-0.39, 0.29) is 5.91 Å². The lowest BCUT2D eigenvalue weighted by molar-refractivity contribution is 0.0792. The quantitative estimate of drug-likeness (QED) is 0.714. The maximum Gasteiger partial charge on any atom is 0.253 e. The van der Waals surface area contributed by atoms with E-state index in [2.05, 4.69) is 60.0 Å². The SMILES string of the molecule is CC(C)c1ccc(CN2CCN(Cc3ccc(C(=O)N4CCCC4)cc3)CC2)cc1. The van der Waals surface area contributed by atoms with Crippen molar-refractivity contribution in [2.45, 2.75) is 45.7 Å². The van der Waals surface area contributed by atoms with Crippen LogP contribution in [0.2, 0.25) is 0 Å². The normalized spacial score (nSPS) is 18.3. The Kier molecular flexibility index (Phi) is 6.86. The van der Waals surface area contributed by atoms with Gasteiger partial charge in [-0.3, -0.25) is 14.6 Å². The van der Waals surface area contributed by atoms with Crippen LogP contribution in [0.5, 0.6) is 0 Å². The average Bonchev–Trinajstić information content (AvgIpc) is 3.30. The molecule has 160 valence electrons. The predicted octanol–water partition coefficient (Wildman–Crippen LogP) is 4.36. The van der Waals surface area contributed by atoms with Gasteiger partial charge in [0, 0.05) is 57.9 Å². The lowest BCUT2D eigenvalue weighted by Crippen LogP contribution is -2.45. The molecule has 2 heterocycles. The van der Waals surface area contributed by atoms with Gasteiger partial charge >= 0.3 is 0 Å². The molecule has 0 unspecified atom stereocenters. The van der Waals surface area contributed by atoms with Gasteiger partial charge in [0.05, 0.1) is 0 Å². The number of rotatable bonds is 6. The average molecular weight is 406 g/mol. The van der Waals surface area contributed by atoms with Gasteiger partial charge in [0.15, 0.2) is 0 Å². The molecule has 0 bridgehead atoms. The van der Waals surface area contributed by atoms with Gasteiger partial charge < -0.3 is 4.90 Å². The molecule has 0 aliphatic carbocycles. The molecule has 0 saturated carbocycles. The summed E-state index contributed by atoms with van der Waals surface area (Å²) in [5.41, 5.74) is 4.95. The Bertz CT molecular complexity index is 814. The second-order valence-electron chi connectivity index (χ2n) is 9.14. The van der Waals surface area contributed by atoms with Crippen molar-refractivity contribution in [1.82, 2.24) is 14.7 Å². The highest BCUT2D eigenvalue weighted by Gasteiger charge is 2.20. The third-order valence-electron chi connectivity index (χ3n) is 6.52. The molecule has 0 N–H and O–H groups in total. The van der Waals surface area contributed by atoms with Crippen LogP contribution in [0.15, 0.2) is 48.5 Å². The molecule has 2 aromatic rings. The van der Waals surface area contributed by atoms with Gasteiger partial charge in [0.2, 0.25) is 0 Å². The van der Waals surface area contributed by atoms with E-state index in [9.17, 15) is 4.79 Å². The molecule has 2 fully saturated rings. The molecular weight excluding hydrogens is 370 g/mol. The number of hydrogen-bond donors (Lipinski definition) is 0. The van der Waals surface area contributed by atoms with E-state index in [0.29, 0.717) is 5.92 Å². The van der Waals surface area contributed by atoms with Crippen molar-refractivity contribution >= 4 is 5.91 Å². The molecule has 2 saturated heterocycles. The van der Waals surface area contributed by atoms with Gasteiger partial charge in [-0.1, -0.05) is 50.2 Å². The molecule has 4 heteroatoms. The molecule has 30 heavy (non-hydrogen) atoms. The summed E-state index contributed by atoms with van der Waals surface area (Å²) in [4.78, 5) is 19.6. The molecule has 2 aromatic carbocycles. The fraction of sp³-hybridized carbons (Fsp3) is 0.500. The lowest BCUT2D eigenvalue weighted by Gasteiger charge is -2.34. The van der Waals surface area contributed by atoms with E-state index in [1.807, 2.05) is 17.0 Å². The zero-order valence-electron chi connectivity index (χ0n) is 18.5. The highest BCUT2D eigenvalue weighted by molar-refractivity contribution is 5.94. The fourth-order valence-corrected chi connectivity index (χ4v) is 4.49. The van der Waals surface area contributed by atoms with Crippen molar-refractivity contribution in [3.8, 4) is 0 Å². The third-order valence-corrected chi connectivity index (χ3v) is 6.52. The van der Waals surface area contributed by atoms with Crippen molar-refractivity contribution in [3.63, 3.8) is 0 Å². The number of hydrogen-bond acceptors (Lipinski definition) is 3. The molecule has 0 radical (unpaired) electrons. The van der Waals surface area contributed by atoms with Crippen molar-refractivity contribution in [1.29, 1.82) is 0 Å². The molecule has 0 spiro atoms. The number of carbonyl (C=O) groups excluding carboxylic acids is 1. The minimum absolute atomic E-state index is 0.189. The standard InChI is InChI=1S/C26H35N3O/c1-21(2)24-9-5-22(6-10-24)19-27-15-17-28(18-16-27)20-23-7-11-25(12-8-23)26(30)29-13-3-4-14-29/h5-12,21H,3-4,13-20H2,1-2H3. The van der Waals surface area contributed by atoms with Gasteiger partial charge in [0.25, 0.3) is 5.91 Å². The minimum Gasteiger partial charge on any atom is -0.339 e. The van der Waals surface area contributed by atoms with Crippen LogP contribution in [0, 0.1) is 0 Å². The van der Waals surface area contributed by atoms with Crippen LogP contribution in [-0.2, 0) is 13.1 Å². The van der Waals surface area contributed by atoms with Crippen LogP contribution in [-0.4, -0.2) is 59.9 Å². The second-order valence-corrected chi connectivity index (χ2v) is 9.14. The minimum atomic E-state index is 0.189. The van der Waals surface area contributed by atoms with E-state index in [4.69, 9.17) is 0 Å². The third kappa shape index (κ3) is 5.30. The number of benzene rings is 2. The number of amides is 1. The van der Waals surface area contributed by atoms with Crippen LogP contribution >= 0.6 is 0 Å². The summed E-state index contributed by atoms with van der Waals surface area (Å²) in [6.45, 7) is 12.7. The first kappa shape index (κ1) is 21.1. The van der Waals surface area contributed by atoms with Crippen molar-refractivity contribution in [2.24, 2.45) is 0 Å². The first-order valence-electron chi connectivity index (χ1n) is 11.5. The predicted molar refractivity (Wildman–Crippen MR) is 123 cm³/mol. The van der Waals surface area contributed by atoms with Crippen LogP contribution in [0.4, 0.5) is 0 Å². The maximum atomic E-state index is 12.5. The van der Waals surface area contributed by atoms with Crippen molar-refractivity contribution in [3.05, 3.63) is 70.8 Å². The lowest BCUT2D eigenvalue weighted by atomic mass is 10.0. The molecule has 0 atom stereocenters. The maximum absolute atomic E-state index is 12.5. The highest BCUT2D eigenvalue weighted by atomic mass is 16.2. The van der Waals surface area contributed by atoms with Gasteiger partial charge in [-0.2, -0.15) is 0 Å². The van der Waals surface area contributed by atoms with Crippen LogP contribution in [0.1, 0.15) is 59.7 Å². The van der Waals surface area contributed by atoms with Gasteiger partial charge in [-0.15, -0.1) is 0 Å². The molecule has 4 nitrogen and oxygen atoms in total. The van der Waals surface area contributed by atoms with E-state index in [0.717, 1.165) is 70.8 Å². The zero-order chi connectivity index (χ0) is 20.9.